The van der Waals surface area contributed by atoms with E-state index in [1.807, 2.05) is 6.92 Å². The van der Waals surface area contributed by atoms with Gasteiger partial charge in [0.15, 0.2) is 0 Å². The molecule has 2 fully saturated rings. The first-order valence-electron chi connectivity index (χ1n) is 7.56. The molecule has 2 N–H and O–H groups in total. The zero-order chi connectivity index (χ0) is 14.8. The zero-order valence-electron chi connectivity index (χ0n) is 12.0. The van der Waals surface area contributed by atoms with E-state index < -0.39 is 12.1 Å². The monoisotopic (exact) mass is 294 g/mol. The first kappa shape index (κ1) is 16.0. The Morgan fingerprint density at radius 3 is 2.10 bits per heavy atom. The van der Waals surface area contributed by atoms with Gasteiger partial charge >= 0.3 is 6.18 Å². The van der Waals surface area contributed by atoms with E-state index in [0.29, 0.717) is 25.6 Å². The summed E-state index contributed by atoms with van der Waals surface area (Å²) in [6, 6.07) is 0. The Morgan fingerprint density at radius 2 is 1.70 bits per heavy atom. The number of hydrogen-bond donors (Lipinski definition) is 2. The van der Waals surface area contributed by atoms with Crippen LogP contribution in [0.15, 0.2) is 0 Å². The average Bonchev–Trinajstić information content (AvgIpc) is 3.22. The van der Waals surface area contributed by atoms with Crippen molar-refractivity contribution in [1.82, 2.24) is 10.2 Å². The Kier molecular flexibility index (Phi) is 4.97. The summed E-state index contributed by atoms with van der Waals surface area (Å²) < 4.78 is 38.0. The molecule has 0 aromatic rings. The van der Waals surface area contributed by atoms with E-state index in [-0.39, 0.29) is 25.0 Å². The summed E-state index contributed by atoms with van der Waals surface area (Å²) in [5.41, 5.74) is -0.320. The molecule has 0 amide bonds. The average molecular weight is 294 g/mol. The van der Waals surface area contributed by atoms with Crippen molar-refractivity contribution in [2.45, 2.75) is 44.3 Å². The smallest absolute Gasteiger partial charge is 0.391 e. The van der Waals surface area contributed by atoms with Gasteiger partial charge in [-0.15, -0.1) is 0 Å². The Bertz CT molecular complexity index is 312. The molecule has 2 rings (SSSR count). The SMILES string of the molecule is CCNC(CO)(CN1CCC(C(F)(F)F)CC1)C1CC1. The fourth-order valence-corrected chi connectivity index (χ4v) is 3.37. The molecule has 1 aliphatic carbocycles. The number of piperidine rings is 1. The number of nitrogens with one attached hydrogen (secondary N) is 1. The van der Waals surface area contributed by atoms with Gasteiger partial charge in [0, 0.05) is 6.54 Å². The highest BCUT2D eigenvalue weighted by Gasteiger charge is 2.47. The zero-order valence-corrected chi connectivity index (χ0v) is 12.0. The summed E-state index contributed by atoms with van der Waals surface area (Å²) in [5, 5.41) is 13.1. The first-order chi connectivity index (χ1) is 9.41. The molecule has 1 heterocycles. The molecular weight excluding hydrogens is 269 g/mol. The summed E-state index contributed by atoms with van der Waals surface area (Å²) >= 11 is 0. The van der Waals surface area contributed by atoms with Crippen LogP contribution < -0.4 is 5.32 Å². The lowest BCUT2D eigenvalue weighted by atomic mass is 9.90. The van der Waals surface area contributed by atoms with E-state index >= 15 is 0 Å². The maximum atomic E-state index is 12.7. The highest BCUT2D eigenvalue weighted by molar-refractivity contribution is 5.03. The van der Waals surface area contributed by atoms with Crippen molar-refractivity contribution in [1.29, 1.82) is 0 Å². The van der Waals surface area contributed by atoms with Gasteiger partial charge in [0.25, 0.3) is 0 Å². The summed E-state index contributed by atoms with van der Waals surface area (Å²) in [5.74, 6) is -0.685. The highest BCUT2D eigenvalue weighted by Crippen LogP contribution is 2.41. The van der Waals surface area contributed by atoms with Gasteiger partial charge < -0.3 is 15.3 Å². The lowest BCUT2D eigenvalue weighted by Gasteiger charge is -2.41. The van der Waals surface area contributed by atoms with Gasteiger partial charge in [-0.1, -0.05) is 6.92 Å². The number of rotatable bonds is 6. The molecule has 0 aromatic carbocycles. The number of nitrogens with zero attached hydrogens (tertiary/aromatic N) is 1. The van der Waals surface area contributed by atoms with Crippen LogP contribution in [-0.4, -0.2) is 54.5 Å². The highest BCUT2D eigenvalue weighted by atomic mass is 19.4. The summed E-state index contributed by atoms with van der Waals surface area (Å²) in [6.45, 7) is 4.45. The van der Waals surface area contributed by atoms with Gasteiger partial charge in [-0.2, -0.15) is 13.2 Å². The minimum Gasteiger partial charge on any atom is -0.394 e. The molecule has 1 atom stereocenters. The fraction of sp³-hybridized carbons (Fsp3) is 1.00. The third-order valence-corrected chi connectivity index (χ3v) is 4.73. The molecule has 1 unspecified atom stereocenters. The largest absolute Gasteiger partial charge is 0.394 e. The van der Waals surface area contributed by atoms with E-state index in [1.165, 1.54) is 0 Å². The molecule has 118 valence electrons. The molecule has 0 aromatic heterocycles. The summed E-state index contributed by atoms with van der Waals surface area (Å²) in [7, 11) is 0. The van der Waals surface area contributed by atoms with Crippen LogP contribution in [0, 0.1) is 11.8 Å². The quantitative estimate of drug-likeness (QED) is 0.786. The number of aliphatic hydroxyl groups excluding tert-OH is 1. The lowest BCUT2D eigenvalue weighted by Crippen LogP contribution is -2.59. The Hall–Kier alpha value is -0.330. The maximum absolute atomic E-state index is 12.7. The van der Waals surface area contributed by atoms with E-state index in [2.05, 4.69) is 10.2 Å². The van der Waals surface area contributed by atoms with Crippen molar-refractivity contribution in [3.63, 3.8) is 0 Å². The van der Waals surface area contributed by atoms with Crippen molar-refractivity contribution in [3.8, 4) is 0 Å². The van der Waals surface area contributed by atoms with Crippen LogP contribution in [0.5, 0.6) is 0 Å². The molecule has 20 heavy (non-hydrogen) atoms. The Morgan fingerprint density at radius 1 is 1.10 bits per heavy atom. The second-order valence-corrected chi connectivity index (χ2v) is 6.21. The van der Waals surface area contributed by atoms with Crippen LogP contribution in [0.4, 0.5) is 13.2 Å². The molecule has 0 spiro atoms. The Balaban J connectivity index is 1.90. The maximum Gasteiger partial charge on any atom is 0.391 e. The van der Waals surface area contributed by atoms with Crippen LogP contribution in [0.25, 0.3) is 0 Å². The van der Waals surface area contributed by atoms with Gasteiger partial charge in [-0.25, -0.2) is 0 Å². The summed E-state index contributed by atoms with van der Waals surface area (Å²) in [4.78, 5) is 2.08. The second kappa shape index (κ2) is 6.20. The summed E-state index contributed by atoms with van der Waals surface area (Å²) in [6.07, 6.45) is -1.49. The van der Waals surface area contributed by atoms with Gasteiger partial charge in [0.2, 0.25) is 0 Å². The normalized spacial score (nSPS) is 25.6. The van der Waals surface area contributed by atoms with Gasteiger partial charge in [-0.3, -0.25) is 0 Å². The Labute approximate surface area is 118 Å². The molecule has 1 aliphatic heterocycles. The molecule has 3 nitrogen and oxygen atoms in total. The van der Waals surface area contributed by atoms with Crippen LogP contribution in [-0.2, 0) is 0 Å². The van der Waals surface area contributed by atoms with Crippen molar-refractivity contribution < 1.29 is 18.3 Å². The van der Waals surface area contributed by atoms with E-state index in [0.717, 1.165) is 19.4 Å². The van der Waals surface area contributed by atoms with E-state index in [1.54, 1.807) is 0 Å². The van der Waals surface area contributed by atoms with E-state index in [9.17, 15) is 18.3 Å². The predicted molar refractivity (Wildman–Crippen MR) is 71.4 cm³/mol. The number of alkyl halides is 3. The number of hydrogen-bond acceptors (Lipinski definition) is 3. The third kappa shape index (κ3) is 3.65. The molecule has 1 saturated carbocycles. The number of likely N-dealkylation sites (N-methyl/N-ethyl adjacent to an activating group) is 1. The van der Waals surface area contributed by atoms with Crippen LogP contribution in [0.1, 0.15) is 32.6 Å². The van der Waals surface area contributed by atoms with Crippen molar-refractivity contribution in [3.05, 3.63) is 0 Å². The predicted octanol–water partition coefficient (Wildman–Crippen LogP) is 2.01. The van der Waals surface area contributed by atoms with Crippen LogP contribution in [0.2, 0.25) is 0 Å². The van der Waals surface area contributed by atoms with Crippen molar-refractivity contribution in [2.24, 2.45) is 11.8 Å². The molecule has 0 bridgehead atoms. The molecule has 1 saturated heterocycles. The standard InChI is InChI=1S/C14H25F3N2O/c1-2-18-13(10-20,11-3-4-11)9-19-7-5-12(6-8-19)14(15,16)17/h11-12,18,20H,2-10H2,1H3. The van der Waals surface area contributed by atoms with Crippen LogP contribution >= 0.6 is 0 Å². The minimum absolute atomic E-state index is 0.0602. The van der Waals surface area contributed by atoms with Gasteiger partial charge in [0.05, 0.1) is 18.1 Å². The molecular formula is C14H25F3N2O. The number of likely N-dealkylation sites (tertiary alicyclic amines) is 1. The van der Waals surface area contributed by atoms with Crippen molar-refractivity contribution >= 4 is 0 Å². The van der Waals surface area contributed by atoms with Gasteiger partial charge in [-0.05, 0) is 51.2 Å². The second-order valence-electron chi connectivity index (χ2n) is 6.21. The topological polar surface area (TPSA) is 35.5 Å². The van der Waals surface area contributed by atoms with Gasteiger partial charge in [0.1, 0.15) is 0 Å². The third-order valence-electron chi connectivity index (χ3n) is 4.73. The fourth-order valence-electron chi connectivity index (χ4n) is 3.37. The lowest BCUT2D eigenvalue weighted by molar-refractivity contribution is -0.185. The number of halogens is 3. The molecule has 2 aliphatic rings. The molecule has 6 heteroatoms. The molecule has 0 radical (unpaired) electrons. The van der Waals surface area contributed by atoms with E-state index in [4.69, 9.17) is 0 Å². The number of aliphatic hydroxyl groups is 1. The minimum atomic E-state index is -4.06. The first-order valence-corrected chi connectivity index (χ1v) is 7.56. The van der Waals surface area contributed by atoms with Crippen molar-refractivity contribution in [2.75, 3.05) is 32.8 Å². The van der Waals surface area contributed by atoms with Crippen LogP contribution in [0.3, 0.4) is 0 Å².